The fraction of sp³-hybridized carbons (Fsp3) is 0.375. The predicted molar refractivity (Wildman–Crippen MR) is 94.9 cm³/mol. The highest BCUT2D eigenvalue weighted by molar-refractivity contribution is 9.11. The molecule has 114 valence electrons. The molecule has 1 heterocycles. The first-order valence-corrected chi connectivity index (χ1v) is 9.63. The molecule has 0 bridgehead atoms. The lowest BCUT2D eigenvalue weighted by molar-refractivity contribution is 0.553. The average molecular weight is 388 g/mol. The third-order valence-electron chi connectivity index (χ3n) is 3.02. The monoisotopic (exact) mass is 387 g/mol. The van der Waals surface area contributed by atoms with Crippen LogP contribution in [0.2, 0.25) is 0 Å². The molecular weight excluding hydrogens is 369 g/mol. The van der Waals surface area contributed by atoms with Gasteiger partial charge in [-0.1, -0.05) is 6.92 Å². The minimum Gasteiger partial charge on any atom is -0.313 e. The van der Waals surface area contributed by atoms with E-state index in [-0.39, 0.29) is 5.82 Å². The zero-order valence-corrected chi connectivity index (χ0v) is 15.2. The van der Waals surface area contributed by atoms with Gasteiger partial charge in [0.1, 0.15) is 5.82 Å². The van der Waals surface area contributed by atoms with Gasteiger partial charge in [0.15, 0.2) is 0 Å². The Kier molecular flexibility index (Phi) is 7.23. The SMILES string of the molecule is CCCNC(CSc1ccc(F)cc1)Cc1ccc(Br)s1. The van der Waals surface area contributed by atoms with Gasteiger partial charge in [0.25, 0.3) is 0 Å². The number of hydrogen-bond acceptors (Lipinski definition) is 3. The first kappa shape index (κ1) is 17.0. The molecule has 21 heavy (non-hydrogen) atoms. The zero-order chi connectivity index (χ0) is 15.1. The Hall–Kier alpha value is -0.360. The van der Waals surface area contributed by atoms with Gasteiger partial charge in [-0.05, 0) is 71.7 Å². The van der Waals surface area contributed by atoms with Crippen LogP contribution >= 0.6 is 39.0 Å². The van der Waals surface area contributed by atoms with E-state index in [2.05, 4.69) is 40.3 Å². The molecule has 1 atom stereocenters. The first-order chi connectivity index (χ1) is 10.2. The van der Waals surface area contributed by atoms with Crippen molar-refractivity contribution in [2.24, 2.45) is 0 Å². The van der Waals surface area contributed by atoms with Crippen LogP contribution in [0.3, 0.4) is 0 Å². The van der Waals surface area contributed by atoms with E-state index in [1.54, 1.807) is 23.1 Å². The van der Waals surface area contributed by atoms with E-state index in [4.69, 9.17) is 0 Å². The second-order valence-electron chi connectivity index (χ2n) is 4.83. The van der Waals surface area contributed by atoms with Gasteiger partial charge in [-0.2, -0.15) is 0 Å². The molecule has 2 aromatic rings. The quantitative estimate of drug-likeness (QED) is 0.612. The Morgan fingerprint density at radius 3 is 2.62 bits per heavy atom. The number of benzene rings is 1. The smallest absolute Gasteiger partial charge is 0.123 e. The summed E-state index contributed by atoms with van der Waals surface area (Å²) in [7, 11) is 0. The highest BCUT2D eigenvalue weighted by Gasteiger charge is 2.11. The van der Waals surface area contributed by atoms with Crippen molar-refractivity contribution in [3.63, 3.8) is 0 Å². The molecule has 1 aromatic carbocycles. The summed E-state index contributed by atoms with van der Waals surface area (Å²) in [5.74, 6) is 0.810. The van der Waals surface area contributed by atoms with Gasteiger partial charge in [0.05, 0.1) is 3.79 Å². The van der Waals surface area contributed by atoms with E-state index in [0.717, 1.165) is 30.0 Å². The van der Waals surface area contributed by atoms with Crippen molar-refractivity contribution in [2.45, 2.75) is 30.7 Å². The van der Waals surface area contributed by atoms with Gasteiger partial charge < -0.3 is 5.32 Å². The topological polar surface area (TPSA) is 12.0 Å². The van der Waals surface area contributed by atoms with Gasteiger partial charge in [-0.15, -0.1) is 23.1 Å². The van der Waals surface area contributed by atoms with Crippen molar-refractivity contribution in [3.05, 3.63) is 50.9 Å². The highest BCUT2D eigenvalue weighted by Crippen LogP contribution is 2.25. The minimum absolute atomic E-state index is 0.177. The summed E-state index contributed by atoms with van der Waals surface area (Å²) in [4.78, 5) is 2.50. The van der Waals surface area contributed by atoms with Crippen molar-refractivity contribution >= 4 is 39.0 Å². The fourth-order valence-electron chi connectivity index (χ4n) is 1.97. The molecule has 0 aliphatic heterocycles. The summed E-state index contributed by atoms with van der Waals surface area (Å²) in [5.41, 5.74) is 0. The maximum atomic E-state index is 12.9. The van der Waals surface area contributed by atoms with Crippen molar-refractivity contribution in [3.8, 4) is 0 Å². The normalized spacial score (nSPS) is 12.5. The molecule has 0 fully saturated rings. The van der Waals surface area contributed by atoms with Crippen LogP contribution in [0.1, 0.15) is 18.2 Å². The van der Waals surface area contributed by atoms with Crippen LogP contribution in [0.4, 0.5) is 4.39 Å². The second kappa shape index (κ2) is 8.93. The Morgan fingerprint density at radius 1 is 1.24 bits per heavy atom. The van der Waals surface area contributed by atoms with Crippen LogP contribution in [-0.4, -0.2) is 18.3 Å². The third-order valence-corrected chi connectivity index (χ3v) is 5.84. The van der Waals surface area contributed by atoms with E-state index < -0.39 is 0 Å². The van der Waals surface area contributed by atoms with Crippen LogP contribution in [0.25, 0.3) is 0 Å². The Bertz CT molecular complexity index is 541. The summed E-state index contributed by atoms with van der Waals surface area (Å²) in [6, 6.07) is 11.4. The standard InChI is InChI=1S/C16H19BrFNS2/c1-2-9-19-13(10-15-7-8-16(17)21-15)11-20-14-5-3-12(18)4-6-14/h3-8,13,19H,2,9-11H2,1H3. The van der Waals surface area contributed by atoms with Crippen LogP contribution in [0.5, 0.6) is 0 Å². The largest absolute Gasteiger partial charge is 0.313 e. The summed E-state index contributed by atoms with van der Waals surface area (Å²) in [6.07, 6.45) is 2.16. The Labute approximate surface area is 142 Å². The van der Waals surface area contributed by atoms with Crippen molar-refractivity contribution in [2.75, 3.05) is 12.3 Å². The summed E-state index contributed by atoms with van der Waals surface area (Å²) in [5, 5.41) is 3.61. The van der Waals surface area contributed by atoms with Crippen molar-refractivity contribution < 1.29 is 4.39 Å². The lowest BCUT2D eigenvalue weighted by atomic mass is 10.2. The van der Waals surface area contributed by atoms with Gasteiger partial charge in [-0.3, -0.25) is 0 Å². The van der Waals surface area contributed by atoms with Crippen molar-refractivity contribution in [1.29, 1.82) is 0 Å². The lowest BCUT2D eigenvalue weighted by Gasteiger charge is -2.17. The predicted octanol–water partition coefficient (Wildman–Crippen LogP) is 5.35. The minimum atomic E-state index is -0.177. The second-order valence-corrected chi connectivity index (χ2v) is 8.47. The molecule has 1 N–H and O–H groups in total. The molecule has 0 saturated heterocycles. The molecule has 0 aliphatic carbocycles. The van der Waals surface area contributed by atoms with Crippen molar-refractivity contribution in [1.82, 2.24) is 5.32 Å². The number of thioether (sulfide) groups is 1. The number of thiophene rings is 1. The molecule has 0 spiro atoms. The molecule has 5 heteroatoms. The molecule has 2 rings (SSSR count). The number of rotatable bonds is 8. The van der Waals surface area contributed by atoms with Gasteiger partial charge in [0, 0.05) is 21.6 Å². The molecule has 1 nitrogen and oxygen atoms in total. The van der Waals surface area contributed by atoms with E-state index in [9.17, 15) is 4.39 Å². The molecule has 0 aliphatic rings. The van der Waals surface area contributed by atoms with Crippen LogP contribution < -0.4 is 5.32 Å². The number of hydrogen-bond donors (Lipinski definition) is 1. The van der Waals surface area contributed by atoms with E-state index in [1.807, 2.05) is 12.1 Å². The summed E-state index contributed by atoms with van der Waals surface area (Å²) < 4.78 is 14.1. The molecule has 1 aromatic heterocycles. The third kappa shape index (κ3) is 6.10. The van der Waals surface area contributed by atoms with E-state index in [0.29, 0.717) is 6.04 Å². The van der Waals surface area contributed by atoms with Crippen LogP contribution in [0, 0.1) is 5.82 Å². The number of halogens is 2. The van der Waals surface area contributed by atoms with E-state index >= 15 is 0 Å². The fourth-order valence-corrected chi connectivity index (χ4v) is 4.49. The van der Waals surface area contributed by atoms with Crippen LogP contribution in [0.15, 0.2) is 45.1 Å². The Morgan fingerprint density at radius 2 is 2.00 bits per heavy atom. The van der Waals surface area contributed by atoms with Gasteiger partial charge in [0.2, 0.25) is 0 Å². The average Bonchev–Trinajstić information content (AvgIpc) is 2.89. The molecule has 0 amide bonds. The summed E-state index contributed by atoms with van der Waals surface area (Å²) in [6.45, 7) is 3.21. The highest BCUT2D eigenvalue weighted by atomic mass is 79.9. The summed E-state index contributed by atoms with van der Waals surface area (Å²) >= 11 is 7.08. The first-order valence-electron chi connectivity index (χ1n) is 7.03. The molecule has 0 saturated carbocycles. The molecule has 0 radical (unpaired) electrons. The maximum absolute atomic E-state index is 12.9. The molecular formula is C16H19BrFNS2. The molecule has 1 unspecified atom stereocenters. The maximum Gasteiger partial charge on any atom is 0.123 e. The van der Waals surface area contributed by atoms with E-state index in [1.165, 1.54) is 20.8 Å². The van der Waals surface area contributed by atoms with Crippen LogP contribution in [-0.2, 0) is 6.42 Å². The lowest BCUT2D eigenvalue weighted by Crippen LogP contribution is -2.33. The van der Waals surface area contributed by atoms with Gasteiger partial charge >= 0.3 is 0 Å². The Balaban J connectivity index is 1.90. The van der Waals surface area contributed by atoms with Gasteiger partial charge in [-0.25, -0.2) is 4.39 Å². The zero-order valence-electron chi connectivity index (χ0n) is 11.9. The number of nitrogens with one attached hydrogen (secondary N) is 1.